The fraction of sp³-hybridized carbons (Fsp3) is 0.471. The quantitative estimate of drug-likeness (QED) is 0.859. The molecule has 21 heavy (non-hydrogen) atoms. The van der Waals surface area contributed by atoms with Crippen molar-refractivity contribution in [2.75, 3.05) is 13.1 Å². The van der Waals surface area contributed by atoms with Crippen LogP contribution in [0.3, 0.4) is 0 Å². The van der Waals surface area contributed by atoms with Gasteiger partial charge in [0, 0.05) is 25.6 Å². The average Bonchev–Trinajstić information content (AvgIpc) is 3.08. The molecule has 2 heterocycles. The number of nitrogens with zero attached hydrogens (tertiary/aromatic N) is 1. The van der Waals surface area contributed by atoms with Gasteiger partial charge in [-0.25, -0.2) is 4.79 Å². The van der Waals surface area contributed by atoms with Crippen LogP contribution in [0.15, 0.2) is 42.1 Å². The normalized spacial score (nSPS) is 26.7. The van der Waals surface area contributed by atoms with E-state index in [2.05, 4.69) is 4.90 Å². The molecule has 0 radical (unpaired) electrons. The van der Waals surface area contributed by atoms with Gasteiger partial charge in [0.15, 0.2) is 5.60 Å². The standard InChI is InChI=1S/C17H21NO3/c1-17(15(19)11-13-7-3-2-4-8-13)14(12-16(20)21-17)18-9-5-6-10-18/h2-4,7-8,12,15,19H,5-6,9-11H2,1H3/t15-,17+/m1/s1. The zero-order valence-corrected chi connectivity index (χ0v) is 12.3. The van der Waals surface area contributed by atoms with Crippen molar-refractivity contribution < 1.29 is 14.6 Å². The Morgan fingerprint density at radius 2 is 1.95 bits per heavy atom. The summed E-state index contributed by atoms with van der Waals surface area (Å²) in [6.45, 7) is 3.67. The second-order valence-corrected chi connectivity index (χ2v) is 5.96. The summed E-state index contributed by atoms with van der Waals surface area (Å²) in [5.41, 5.74) is 0.917. The third-order valence-corrected chi connectivity index (χ3v) is 4.43. The molecule has 1 N–H and O–H groups in total. The van der Waals surface area contributed by atoms with Crippen LogP contribution in [0.25, 0.3) is 0 Å². The molecule has 0 amide bonds. The molecule has 1 aromatic carbocycles. The molecule has 0 aliphatic carbocycles. The SMILES string of the molecule is C[C@]1([C@H](O)Cc2ccccc2)OC(=O)C=C1N1CCCC1. The predicted molar refractivity (Wildman–Crippen MR) is 79.5 cm³/mol. The molecule has 2 atom stereocenters. The average molecular weight is 287 g/mol. The van der Waals surface area contributed by atoms with Crippen molar-refractivity contribution in [2.24, 2.45) is 0 Å². The lowest BCUT2D eigenvalue weighted by atomic mass is 9.90. The van der Waals surface area contributed by atoms with Crippen LogP contribution in [0.5, 0.6) is 0 Å². The summed E-state index contributed by atoms with van der Waals surface area (Å²) in [6, 6.07) is 9.79. The number of esters is 1. The Kier molecular flexibility index (Phi) is 3.72. The van der Waals surface area contributed by atoms with E-state index >= 15 is 0 Å². The molecular weight excluding hydrogens is 266 g/mol. The van der Waals surface area contributed by atoms with Gasteiger partial charge in [-0.1, -0.05) is 30.3 Å². The van der Waals surface area contributed by atoms with Gasteiger partial charge in [0.25, 0.3) is 0 Å². The number of benzene rings is 1. The zero-order valence-electron chi connectivity index (χ0n) is 12.3. The lowest BCUT2D eigenvalue weighted by Gasteiger charge is -2.36. The van der Waals surface area contributed by atoms with E-state index in [1.165, 1.54) is 0 Å². The third kappa shape index (κ3) is 2.68. The lowest BCUT2D eigenvalue weighted by molar-refractivity contribution is -0.154. The Labute approximate surface area is 125 Å². The number of likely N-dealkylation sites (tertiary alicyclic amines) is 1. The maximum absolute atomic E-state index is 11.7. The largest absolute Gasteiger partial charge is 0.447 e. The predicted octanol–water partition coefficient (Wildman–Crippen LogP) is 1.89. The van der Waals surface area contributed by atoms with Gasteiger partial charge in [-0.2, -0.15) is 0 Å². The highest BCUT2D eigenvalue weighted by molar-refractivity contribution is 5.86. The van der Waals surface area contributed by atoms with Crippen LogP contribution in [0.2, 0.25) is 0 Å². The van der Waals surface area contributed by atoms with Gasteiger partial charge in [-0.05, 0) is 25.3 Å². The minimum Gasteiger partial charge on any atom is -0.447 e. The molecule has 2 aliphatic rings. The number of carbonyl (C=O) groups excluding carboxylic acids is 1. The van der Waals surface area contributed by atoms with E-state index in [0.717, 1.165) is 37.2 Å². The number of aliphatic hydroxyl groups excluding tert-OH is 1. The van der Waals surface area contributed by atoms with Gasteiger partial charge < -0.3 is 14.7 Å². The lowest BCUT2D eigenvalue weighted by Crippen LogP contribution is -2.47. The van der Waals surface area contributed by atoms with Crippen LogP contribution >= 0.6 is 0 Å². The van der Waals surface area contributed by atoms with Gasteiger partial charge in [0.2, 0.25) is 0 Å². The molecular formula is C17H21NO3. The highest BCUT2D eigenvalue weighted by atomic mass is 16.6. The van der Waals surface area contributed by atoms with Gasteiger partial charge in [-0.3, -0.25) is 0 Å². The van der Waals surface area contributed by atoms with Crippen molar-refractivity contribution in [1.29, 1.82) is 0 Å². The number of ether oxygens (including phenoxy) is 1. The van der Waals surface area contributed by atoms with E-state index < -0.39 is 11.7 Å². The van der Waals surface area contributed by atoms with Gasteiger partial charge in [-0.15, -0.1) is 0 Å². The fourth-order valence-corrected chi connectivity index (χ4v) is 3.18. The van der Waals surface area contributed by atoms with Crippen LogP contribution < -0.4 is 0 Å². The van der Waals surface area contributed by atoms with Crippen LogP contribution in [0, 0.1) is 0 Å². The summed E-state index contributed by atoms with van der Waals surface area (Å²) in [5, 5.41) is 10.7. The fourth-order valence-electron chi connectivity index (χ4n) is 3.18. The number of aliphatic hydroxyl groups is 1. The van der Waals surface area contributed by atoms with Gasteiger partial charge >= 0.3 is 5.97 Å². The van der Waals surface area contributed by atoms with Crippen molar-refractivity contribution in [3.05, 3.63) is 47.7 Å². The molecule has 112 valence electrons. The Bertz CT molecular complexity index is 548. The molecule has 0 bridgehead atoms. The van der Waals surface area contributed by atoms with E-state index in [1.54, 1.807) is 6.08 Å². The van der Waals surface area contributed by atoms with Crippen LogP contribution in [-0.2, 0) is 16.0 Å². The number of cyclic esters (lactones) is 1. The highest BCUT2D eigenvalue weighted by Crippen LogP contribution is 2.36. The van der Waals surface area contributed by atoms with Gasteiger partial charge in [0.05, 0.1) is 5.70 Å². The monoisotopic (exact) mass is 287 g/mol. The summed E-state index contributed by atoms with van der Waals surface area (Å²) in [7, 11) is 0. The van der Waals surface area contributed by atoms with E-state index in [-0.39, 0.29) is 5.97 Å². The van der Waals surface area contributed by atoms with Crippen molar-refractivity contribution in [2.45, 2.75) is 37.9 Å². The maximum Gasteiger partial charge on any atom is 0.333 e. The first-order valence-corrected chi connectivity index (χ1v) is 7.52. The van der Waals surface area contributed by atoms with Crippen LogP contribution in [0.1, 0.15) is 25.3 Å². The van der Waals surface area contributed by atoms with E-state index in [9.17, 15) is 9.90 Å². The minimum absolute atomic E-state index is 0.355. The van der Waals surface area contributed by atoms with Crippen molar-refractivity contribution in [3.8, 4) is 0 Å². The van der Waals surface area contributed by atoms with E-state index in [0.29, 0.717) is 6.42 Å². The Morgan fingerprint density at radius 3 is 2.62 bits per heavy atom. The second kappa shape index (κ2) is 5.53. The second-order valence-electron chi connectivity index (χ2n) is 5.96. The topological polar surface area (TPSA) is 49.8 Å². The van der Waals surface area contributed by atoms with Crippen LogP contribution in [-0.4, -0.2) is 40.8 Å². The number of hydrogen-bond acceptors (Lipinski definition) is 4. The Morgan fingerprint density at radius 1 is 1.29 bits per heavy atom. The number of hydrogen-bond donors (Lipinski definition) is 1. The maximum atomic E-state index is 11.7. The molecule has 0 aromatic heterocycles. The Hall–Kier alpha value is -1.81. The minimum atomic E-state index is -0.947. The summed E-state index contributed by atoms with van der Waals surface area (Å²) >= 11 is 0. The summed E-state index contributed by atoms with van der Waals surface area (Å²) in [4.78, 5) is 13.9. The summed E-state index contributed by atoms with van der Waals surface area (Å²) < 4.78 is 5.48. The first kappa shape index (κ1) is 14.1. The molecule has 2 aliphatic heterocycles. The molecule has 0 unspecified atom stereocenters. The third-order valence-electron chi connectivity index (χ3n) is 4.43. The van der Waals surface area contributed by atoms with E-state index in [4.69, 9.17) is 4.74 Å². The first-order valence-electron chi connectivity index (χ1n) is 7.52. The molecule has 1 aromatic rings. The summed E-state index contributed by atoms with van der Waals surface area (Å²) in [5.74, 6) is -0.355. The van der Waals surface area contributed by atoms with Crippen LogP contribution in [0.4, 0.5) is 0 Å². The van der Waals surface area contributed by atoms with Gasteiger partial charge in [0.1, 0.15) is 6.10 Å². The van der Waals surface area contributed by atoms with Crippen molar-refractivity contribution in [3.63, 3.8) is 0 Å². The molecule has 0 spiro atoms. The molecule has 4 heteroatoms. The molecule has 1 fully saturated rings. The number of rotatable bonds is 4. The molecule has 0 saturated carbocycles. The highest BCUT2D eigenvalue weighted by Gasteiger charge is 2.47. The Balaban J connectivity index is 1.81. The smallest absolute Gasteiger partial charge is 0.333 e. The molecule has 4 nitrogen and oxygen atoms in total. The van der Waals surface area contributed by atoms with E-state index in [1.807, 2.05) is 37.3 Å². The first-order chi connectivity index (χ1) is 10.1. The zero-order chi connectivity index (χ0) is 14.9. The molecule has 3 rings (SSSR count). The number of carbonyl (C=O) groups is 1. The van der Waals surface area contributed by atoms with Crippen molar-refractivity contribution in [1.82, 2.24) is 4.90 Å². The molecule has 1 saturated heterocycles. The van der Waals surface area contributed by atoms with Crippen molar-refractivity contribution >= 4 is 5.97 Å². The summed E-state index contributed by atoms with van der Waals surface area (Å²) in [6.07, 6.45) is 3.50.